The molecule has 0 amide bonds. The summed E-state index contributed by atoms with van der Waals surface area (Å²) in [6.45, 7) is 6.44. The third-order valence-corrected chi connectivity index (χ3v) is 11.6. The van der Waals surface area contributed by atoms with Gasteiger partial charge in [-0.25, -0.2) is 0 Å². The molecule has 0 aromatic rings. The highest BCUT2D eigenvalue weighted by atomic mass is 16.6. The van der Waals surface area contributed by atoms with Gasteiger partial charge in [0.1, 0.15) is 13.2 Å². The largest absolute Gasteiger partial charge is 0.462 e. The maximum atomic E-state index is 12.8. The summed E-state index contributed by atoms with van der Waals surface area (Å²) >= 11 is 0. The molecule has 0 aliphatic heterocycles. The molecule has 0 aromatic carbocycles. The summed E-state index contributed by atoms with van der Waals surface area (Å²) in [4.78, 5) is 38.1. The molecule has 0 saturated carbocycles. The Bertz CT molecular complexity index is 1350. The van der Waals surface area contributed by atoms with E-state index in [9.17, 15) is 14.4 Å². The van der Waals surface area contributed by atoms with Crippen LogP contribution in [-0.4, -0.2) is 37.2 Å². The number of carbonyl (C=O) groups is 3. The fraction of sp³-hybridized carbons (Fsp3) is 0.689. The van der Waals surface area contributed by atoms with Gasteiger partial charge in [-0.2, -0.15) is 0 Å². The second kappa shape index (κ2) is 54.9. The van der Waals surface area contributed by atoms with Crippen LogP contribution in [0.3, 0.4) is 0 Å². The van der Waals surface area contributed by atoms with Gasteiger partial charge in [0.25, 0.3) is 0 Å². The molecule has 382 valence electrons. The molecular weight excluding hydrogens is 829 g/mol. The van der Waals surface area contributed by atoms with Crippen LogP contribution in [0.15, 0.2) is 97.2 Å². The van der Waals surface area contributed by atoms with Crippen molar-refractivity contribution in [3.05, 3.63) is 97.2 Å². The molecule has 0 fully saturated rings. The second-order valence-electron chi connectivity index (χ2n) is 18.1. The summed E-state index contributed by atoms with van der Waals surface area (Å²) < 4.78 is 16.8. The molecule has 0 rings (SSSR count). The van der Waals surface area contributed by atoms with Crippen LogP contribution in [0.2, 0.25) is 0 Å². The monoisotopic (exact) mass is 931 g/mol. The number of allylic oxidation sites excluding steroid dienone is 16. The minimum Gasteiger partial charge on any atom is -0.462 e. The van der Waals surface area contributed by atoms with E-state index in [2.05, 4.69) is 118 Å². The van der Waals surface area contributed by atoms with Crippen molar-refractivity contribution in [2.24, 2.45) is 0 Å². The maximum absolute atomic E-state index is 12.8. The number of esters is 3. The van der Waals surface area contributed by atoms with Crippen LogP contribution in [0.25, 0.3) is 0 Å². The van der Waals surface area contributed by atoms with E-state index in [1.165, 1.54) is 103 Å². The van der Waals surface area contributed by atoms with Crippen molar-refractivity contribution in [3.8, 4) is 0 Å². The molecule has 0 N–H and O–H groups in total. The van der Waals surface area contributed by atoms with Gasteiger partial charge in [-0.05, 0) is 96.3 Å². The van der Waals surface area contributed by atoms with Gasteiger partial charge < -0.3 is 14.2 Å². The minimum absolute atomic E-state index is 0.106. The van der Waals surface area contributed by atoms with Gasteiger partial charge in [-0.15, -0.1) is 0 Å². The normalized spacial score (nSPS) is 12.8. The first-order valence-corrected chi connectivity index (χ1v) is 27.7. The van der Waals surface area contributed by atoms with Gasteiger partial charge in [-0.1, -0.05) is 234 Å². The Kier molecular flexibility index (Phi) is 51.9. The third kappa shape index (κ3) is 53.2. The van der Waals surface area contributed by atoms with Gasteiger partial charge in [-0.3, -0.25) is 14.4 Å². The summed E-state index contributed by atoms with van der Waals surface area (Å²) in [7, 11) is 0. The Morgan fingerprint density at radius 2 is 0.597 bits per heavy atom. The lowest BCUT2D eigenvalue weighted by atomic mass is 10.0. The zero-order chi connectivity index (χ0) is 48.6. The minimum atomic E-state index is -0.809. The Hall–Kier alpha value is -3.67. The maximum Gasteiger partial charge on any atom is 0.306 e. The topological polar surface area (TPSA) is 78.9 Å². The molecule has 0 aliphatic carbocycles. The van der Waals surface area contributed by atoms with E-state index in [4.69, 9.17) is 14.2 Å². The van der Waals surface area contributed by atoms with E-state index >= 15 is 0 Å². The van der Waals surface area contributed by atoms with Crippen molar-refractivity contribution >= 4 is 17.9 Å². The van der Waals surface area contributed by atoms with Crippen LogP contribution in [-0.2, 0) is 28.6 Å². The first-order valence-electron chi connectivity index (χ1n) is 27.7. The average molecular weight is 931 g/mol. The van der Waals surface area contributed by atoms with Crippen molar-refractivity contribution in [2.45, 2.75) is 258 Å². The summed E-state index contributed by atoms with van der Waals surface area (Å²) in [5.41, 5.74) is 0. The molecule has 0 heterocycles. The molecule has 0 radical (unpaired) electrons. The number of hydrogen-bond acceptors (Lipinski definition) is 6. The molecule has 0 bridgehead atoms. The summed E-state index contributed by atoms with van der Waals surface area (Å²) in [5, 5.41) is 0. The van der Waals surface area contributed by atoms with Crippen molar-refractivity contribution in [1.82, 2.24) is 0 Å². The Morgan fingerprint density at radius 3 is 1.00 bits per heavy atom. The lowest BCUT2D eigenvalue weighted by molar-refractivity contribution is -0.167. The molecule has 0 aliphatic rings. The van der Waals surface area contributed by atoms with Crippen molar-refractivity contribution in [1.29, 1.82) is 0 Å². The number of ether oxygens (including phenoxy) is 3. The molecule has 1 atom stereocenters. The molecule has 0 unspecified atom stereocenters. The number of unbranched alkanes of at least 4 members (excludes halogenated alkanes) is 22. The highest BCUT2D eigenvalue weighted by molar-refractivity contribution is 5.71. The molecule has 0 spiro atoms. The van der Waals surface area contributed by atoms with E-state index in [1.807, 2.05) is 0 Å². The highest BCUT2D eigenvalue weighted by Crippen LogP contribution is 2.15. The second-order valence-corrected chi connectivity index (χ2v) is 18.1. The van der Waals surface area contributed by atoms with E-state index in [1.54, 1.807) is 0 Å². The molecule has 6 heteroatoms. The van der Waals surface area contributed by atoms with Crippen LogP contribution in [0.4, 0.5) is 0 Å². The van der Waals surface area contributed by atoms with Gasteiger partial charge >= 0.3 is 17.9 Å². The van der Waals surface area contributed by atoms with Crippen molar-refractivity contribution in [3.63, 3.8) is 0 Å². The summed E-state index contributed by atoms with van der Waals surface area (Å²) in [6.07, 6.45) is 72.5. The van der Waals surface area contributed by atoms with Crippen LogP contribution < -0.4 is 0 Å². The summed E-state index contributed by atoms with van der Waals surface area (Å²) in [5.74, 6) is -0.982. The van der Waals surface area contributed by atoms with E-state index in [0.29, 0.717) is 19.3 Å². The standard InChI is InChI=1S/C61H102O6/c1-4-7-10-13-16-19-22-25-28-30-33-35-38-41-44-47-50-53-59(62)65-56-58(67-61(64)55-52-49-46-43-40-37-32-27-24-21-18-15-12-9-6-3)57-66-60(63)54-51-48-45-42-39-36-34-31-29-26-23-20-17-14-11-8-5-2/h7,10,16-17,19-20,25-26,28-29,33-36,41,44,58H,4-6,8-9,11-15,18,21-24,27,30-32,37-40,42-43,45-57H2,1-3H3/b10-7-,19-16-,20-17-,28-25-,29-26-,35-33-,36-34-,44-41-/t58-/m1/s1. The zero-order valence-electron chi connectivity index (χ0n) is 43.6. The van der Waals surface area contributed by atoms with Crippen LogP contribution in [0, 0.1) is 0 Å². The molecule has 67 heavy (non-hydrogen) atoms. The molecule has 0 saturated heterocycles. The Labute approximate surface area is 413 Å². The number of rotatable bonds is 49. The van der Waals surface area contributed by atoms with Crippen molar-refractivity contribution in [2.75, 3.05) is 13.2 Å². The molecule has 0 aromatic heterocycles. The fourth-order valence-corrected chi connectivity index (χ4v) is 7.43. The van der Waals surface area contributed by atoms with E-state index < -0.39 is 6.10 Å². The van der Waals surface area contributed by atoms with Crippen LogP contribution in [0.5, 0.6) is 0 Å². The SMILES string of the molecule is CC/C=C\C/C=C\C/C=C\C/C=C\C/C=C\CCCC(=O)OC[C@H](COC(=O)CCCCCC/C=C\C/C=C\C/C=C\CCCCC)OC(=O)CCCCCCCCCCCCCCCCC. The molecular formula is C61H102O6. The van der Waals surface area contributed by atoms with Crippen LogP contribution in [0.1, 0.15) is 252 Å². The van der Waals surface area contributed by atoms with Gasteiger partial charge in [0.05, 0.1) is 0 Å². The van der Waals surface area contributed by atoms with Crippen LogP contribution >= 0.6 is 0 Å². The lowest BCUT2D eigenvalue weighted by Gasteiger charge is -2.18. The Morgan fingerprint density at radius 1 is 0.313 bits per heavy atom. The van der Waals surface area contributed by atoms with Crippen molar-refractivity contribution < 1.29 is 28.6 Å². The van der Waals surface area contributed by atoms with Gasteiger partial charge in [0.15, 0.2) is 6.10 Å². The summed E-state index contributed by atoms with van der Waals surface area (Å²) in [6, 6.07) is 0. The lowest BCUT2D eigenvalue weighted by Crippen LogP contribution is -2.30. The smallest absolute Gasteiger partial charge is 0.306 e. The number of hydrogen-bond donors (Lipinski definition) is 0. The zero-order valence-corrected chi connectivity index (χ0v) is 43.6. The predicted octanol–water partition coefficient (Wildman–Crippen LogP) is 18.5. The fourth-order valence-electron chi connectivity index (χ4n) is 7.43. The van der Waals surface area contributed by atoms with Gasteiger partial charge in [0.2, 0.25) is 0 Å². The van der Waals surface area contributed by atoms with E-state index in [0.717, 1.165) is 103 Å². The first kappa shape index (κ1) is 63.3. The number of carbonyl (C=O) groups excluding carboxylic acids is 3. The first-order chi connectivity index (χ1) is 33.0. The predicted molar refractivity (Wildman–Crippen MR) is 288 cm³/mol. The van der Waals surface area contributed by atoms with Gasteiger partial charge in [0, 0.05) is 19.3 Å². The third-order valence-electron chi connectivity index (χ3n) is 11.6. The van der Waals surface area contributed by atoms with E-state index in [-0.39, 0.29) is 37.5 Å². The highest BCUT2D eigenvalue weighted by Gasteiger charge is 2.19. The molecule has 6 nitrogen and oxygen atoms in total. The average Bonchev–Trinajstić information content (AvgIpc) is 3.33. The Balaban J connectivity index is 4.51. The quantitative estimate of drug-likeness (QED) is 0.0262.